The van der Waals surface area contributed by atoms with Gasteiger partial charge in [0, 0.05) is 18.2 Å². The number of nitrogens with zero attached hydrogens (tertiary/aromatic N) is 1. The second-order valence-corrected chi connectivity index (χ2v) is 6.12. The lowest BCUT2D eigenvalue weighted by molar-refractivity contribution is -0.139. The van der Waals surface area contributed by atoms with Crippen molar-refractivity contribution in [1.29, 1.82) is 0 Å². The van der Waals surface area contributed by atoms with E-state index in [-0.39, 0.29) is 17.9 Å². The molecule has 0 saturated heterocycles. The summed E-state index contributed by atoms with van der Waals surface area (Å²) in [6.45, 7) is 5.38. The first-order chi connectivity index (χ1) is 11.7. The zero-order chi connectivity index (χ0) is 17.1. The van der Waals surface area contributed by atoms with E-state index >= 15 is 0 Å². The first-order valence-corrected chi connectivity index (χ1v) is 8.63. The van der Waals surface area contributed by atoms with Gasteiger partial charge in [-0.15, -0.1) is 0 Å². The number of carbonyl (C=O) groups excluding carboxylic acids is 2. The summed E-state index contributed by atoms with van der Waals surface area (Å²) in [7, 11) is 0. The van der Waals surface area contributed by atoms with Crippen LogP contribution in [0.5, 0.6) is 11.5 Å². The van der Waals surface area contributed by atoms with Crippen LogP contribution in [0.2, 0.25) is 0 Å². The molecule has 0 radical (unpaired) electrons. The molecule has 0 aromatic heterocycles. The number of hydrogen-bond acceptors (Lipinski definition) is 4. The molecule has 5 nitrogen and oxygen atoms in total. The summed E-state index contributed by atoms with van der Waals surface area (Å²) in [4.78, 5) is 25.4. The molecule has 128 valence electrons. The van der Waals surface area contributed by atoms with E-state index in [0.717, 1.165) is 48.3 Å². The molecule has 1 aromatic rings. The molecule has 1 heterocycles. The summed E-state index contributed by atoms with van der Waals surface area (Å²) in [5.41, 5.74) is 2.06. The molecule has 2 aliphatic rings. The quantitative estimate of drug-likeness (QED) is 0.721. The zero-order valence-corrected chi connectivity index (χ0v) is 14.2. The Morgan fingerprint density at radius 1 is 1.04 bits per heavy atom. The average Bonchev–Trinajstić information content (AvgIpc) is 3.13. The summed E-state index contributed by atoms with van der Waals surface area (Å²) in [5, 5.41) is 0. The van der Waals surface area contributed by atoms with E-state index in [1.807, 2.05) is 12.1 Å². The second-order valence-electron chi connectivity index (χ2n) is 6.12. The van der Waals surface area contributed by atoms with Crippen molar-refractivity contribution in [1.82, 2.24) is 4.90 Å². The molecule has 0 bridgehead atoms. The van der Waals surface area contributed by atoms with E-state index in [1.165, 1.54) is 17.1 Å². The molecule has 1 aliphatic heterocycles. The third kappa shape index (κ3) is 3.03. The maximum absolute atomic E-state index is 12.1. The highest BCUT2D eigenvalue weighted by Crippen LogP contribution is 2.43. The van der Waals surface area contributed by atoms with Gasteiger partial charge < -0.3 is 9.47 Å². The van der Waals surface area contributed by atoms with Crippen molar-refractivity contribution in [2.24, 2.45) is 0 Å². The largest absolute Gasteiger partial charge is 0.493 e. The number of rotatable bonds is 7. The Morgan fingerprint density at radius 3 is 2.38 bits per heavy atom. The first-order valence-electron chi connectivity index (χ1n) is 8.63. The average molecular weight is 329 g/mol. The van der Waals surface area contributed by atoms with Crippen molar-refractivity contribution in [3.05, 3.63) is 35.4 Å². The van der Waals surface area contributed by atoms with Crippen molar-refractivity contribution in [3.63, 3.8) is 0 Å². The Kier molecular flexibility index (Phi) is 4.88. The highest BCUT2D eigenvalue weighted by molar-refractivity contribution is 6.13. The number of imide groups is 1. The topological polar surface area (TPSA) is 55.8 Å². The Bertz CT molecular complexity index is 662. The minimum atomic E-state index is -0.242. The fourth-order valence-corrected chi connectivity index (χ4v) is 3.27. The van der Waals surface area contributed by atoms with Crippen LogP contribution < -0.4 is 9.47 Å². The number of benzene rings is 1. The Morgan fingerprint density at radius 2 is 1.71 bits per heavy atom. The van der Waals surface area contributed by atoms with E-state index in [2.05, 4.69) is 13.8 Å². The van der Waals surface area contributed by atoms with Crippen LogP contribution in [-0.4, -0.2) is 29.9 Å². The van der Waals surface area contributed by atoms with Crippen molar-refractivity contribution < 1.29 is 19.1 Å². The minimum absolute atomic E-state index is 0.232. The van der Waals surface area contributed by atoms with Crippen molar-refractivity contribution in [2.75, 3.05) is 13.2 Å². The molecule has 1 aromatic carbocycles. The standard InChI is InChI=1S/C19H23NO4/c1-3-9-23-13-11-15-14(17(12-13)24-10-4-2)5-6-16(15)20-18(21)7-8-19(20)22/h7-8,11-12,16H,3-6,9-10H2,1-2H3/t16-/m0/s1. The highest BCUT2D eigenvalue weighted by Gasteiger charge is 2.37. The van der Waals surface area contributed by atoms with Crippen LogP contribution in [0.4, 0.5) is 0 Å². The smallest absolute Gasteiger partial charge is 0.254 e. The third-order valence-corrected chi connectivity index (χ3v) is 4.33. The number of ether oxygens (including phenoxy) is 2. The van der Waals surface area contributed by atoms with Gasteiger partial charge in [-0.2, -0.15) is 0 Å². The van der Waals surface area contributed by atoms with Gasteiger partial charge in [-0.3, -0.25) is 14.5 Å². The number of amides is 2. The van der Waals surface area contributed by atoms with E-state index in [4.69, 9.17) is 9.47 Å². The molecule has 0 N–H and O–H groups in total. The van der Waals surface area contributed by atoms with Crippen LogP contribution in [0.15, 0.2) is 24.3 Å². The van der Waals surface area contributed by atoms with Gasteiger partial charge in [0.2, 0.25) is 0 Å². The summed E-state index contributed by atoms with van der Waals surface area (Å²) in [6, 6.07) is 3.66. The van der Waals surface area contributed by atoms with Crippen LogP contribution >= 0.6 is 0 Å². The van der Waals surface area contributed by atoms with Crippen molar-refractivity contribution in [2.45, 2.75) is 45.6 Å². The maximum Gasteiger partial charge on any atom is 0.254 e. The van der Waals surface area contributed by atoms with Gasteiger partial charge in [0.05, 0.1) is 19.3 Å². The molecule has 1 aliphatic carbocycles. The molecule has 0 fully saturated rings. The molecule has 3 rings (SSSR count). The third-order valence-electron chi connectivity index (χ3n) is 4.33. The fraction of sp³-hybridized carbons (Fsp3) is 0.474. The van der Waals surface area contributed by atoms with Gasteiger partial charge in [-0.05, 0) is 42.9 Å². The van der Waals surface area contributed by atoms with E-state index < -0.39 is 0 Å². The summed E-state index contributed by atoms with van der Waals surface area (Å²) in [5.74, 6) is 1.07. The van der Waals surface area contributed by atoms with Crippen molar-refractivity contribution >= 4 is 11.8 Å². The summed E-state index contributed by atoms with van der Waals surface area (Å²) >= 11 is 0. The lowest BCUT2D eigenvalue weighted by Gasteiger charge is -2.23. The maximum atomic E-state index is 12.1. The zero-order valence-electron chi connectivity index (χ0n) is 14.2. The van der Waals surface area contributed by atoms with E-state index in [0.29, 0.717) is 13.2 Å². The fourth-order valence-electron chi connectivity index (χ4n) is 3.27. The monoisotopic (exact) mass is 329 g/mol. The summed E-state index contributed by atoms with van der Waals surface area (Å²) in [6.07, 6.45) is 6.04. The normalized spacial score (nSPS) is 19.1. The van der Waals surface area contributed by atoms with Gasteiger partial charge in [0.1, 0.15) is 11.5 Å². The highest BCUT2D eigenvalue weighted by atomic mass is 16.5. The predicted molar refractivity (Wildman–Crippen MR) is 90.1 cm³/mol. The van der Waals surface area contributed by atoms with E-state index in [1.54, 1.807) is 0 Å². The number of hydrogen-bond donors (Lipinski definition) is 0. The number of carbonyl (C=O) groups is 2. The van der Waals surface area contributed by atoms with Crippen LogP contribution in [0.3, 0.4) is 0 Å². The molecule has 0 spiro atoms. The molecule has 24 heavy (non-hydrogen) atoms. The van der Waals surface area contributed by atoms with Crippen molar-refractivity contribution in [3.8, 4) is 11.5 Å². The lowest BCUT2D eigenvalue weighted by atomic mass is 10.1. The van der Waals surface area contributed by atoms with Crippen LogP contribution in [-0.2, 0) is 16.0 Å². The van der Waals surface area contributed by atoms with Crippen LogP contribution in [0.25, 0.3) is 0 Å². The summed E-state index contributed by atoms with van der Waals surface area (Å²) < 4.78 is 11.7. The van der Waals surface area contributed by atoms with Crippen LogP contribution in [0.1, 0.15) is 50.3 Å². The molecular weight excluding hydrogens is 306 g/mol. The number of fused-ring (bicyclic) bond motifs is 1. The Labute approximate surface area is 142 Å². The lowest BCUT2D eigenvalue weighted by Crippen LogP contribution is -2.33. The molecule has 1 atom stereocenters. The van der Waals surface area contributed by atoms with E-state index in [9.17, 15) is 9.59 Å². The minimum Gasteiger partial charge on any atom is -0.493 e. The molecule has 0 saturated carbocycles. The van der Waals surface area contributed by atoms with Gasteiger partial charge >= 0.3 is 0 Å². The van der Waals surface area contributed by atoms with Gasteiger partial charge in [0.15, 0.2) is 0 Å². The van der Waals surface area contributed by atoms with Gasteiger partial charge in [0.25, 0.3) is 11.8 Å². The first kappa shape index (κ1) is 16.6. The molecule has 2 amide bonds. The Balaban J connectivity index is 1.95. The predicted octanol–water partition coefficient (Wildman–Crippen LogP) is 3.18. The van der Waals surface area contributed by atoms with Crippen LogP contribution in [0, 0.1) is 0 Å². The molecule has 5 heteroatoms. The SMILES string of the molecule is CCCOc1cc(OCCC)c2c(c1)[C@@H](N1C(=O)C=CC1=O)CC2. The molecule has 0 unspecified atom stereocenters. The van der Waals surface area contributed by atoms with Gasteiger partial charge in [-0.1, -0.05) is 13.8 Å². The molecular formula is C19H23NO4. The van der Waals surface area contributed by atoms with Gasteiger partial charge in [-0.25, -0.2) is 0 Å². The second kappa shape index (κ2) is 7.07. The Hall–Kier alpha value is -2.30.